The molecule has 2 aromatic heterocycles. The van der Waals surface area contributed by atoms with Gasteiger partial charge >= 0.3 is 0 Å². The Labute approximate surface area is 379 Å². The first-order valence-electron chi connectivity index (χ1n) is 22.9. The molecule has 1 unspecified atom stereocenters. The maximum atomic E-state index is 6.35. The minimum Gasteiger partial charge on any atom is -0.456 e. The summed E-state index contributed by atoms with van der Waals surface area (Å²) in [5, 5.41) is 4.71. The van der Waals surface area contributed by atoms with Crippen LogP contribution in [0, 0.1) is 0 Å². The Morgan fingerprint density at radius 3 is 2.11 bits per heavy atom. The first-order valence-corrected chi connectivity index (χ1v) is 22.9. The van der Waals surface area contributed by atoms with Gasteiger partial charge in [-0.2, -0.15) is 0 Å². The predicted octanol–water partition coefficient (Wildman–Crippen LogP) is 17.3. The van der Waals surface area contributed by atoms with Crippen LogP contribution in [0.3, 0.4) is 0 Å². The Morgan fingerprint density at radius 2 is 1.22 bits per heavy atom. The van der Waals surface area contributed by atoms with E-state index in [1.165, 1.54) is 88.8 Å². The van der Waals surface area contributed by atoms with E-state index in [1.807, 2.05) is 6.07 Å². The Hall–Kier alpha value is -7.88. The quantitative estimate of drug-likeness (QED) is 0.166. The molecule has 0 aliphatic heterocycles. The van der Waals surface area contributed by atoms with Crippen molar-refractivity contribution in [3.05, 3.63) is 222 Å². The van der Waals surface area contributed by atoms with Gasteiger partial charge in [0, 0.05) is 38.5 Å². The van der Waals surface area contributed by atoms with Crippen LogP contribution < -0.4 is 4.90 Å². The van der Waals surface area contributed by atoms with Gasteiger partial charge in [0.25, 0.3) is 0 Å². The van der Waals surface area contributed by atoms with Crippen molar-refractivity contribution >= 4 is 66.9 Å². The van der Waals surface area contributed by atoms with E-state index in [0.717, 1.165) is 39.7 Å². The van der Waals surface area contributed by atoms with Gasteiger partial charge in [-0.05, 0) is 135 Å². The number of furan rings is 1. The minimum atomic E-state index is -0.105. The number of allylic oxidation sites excluding steroid dienone is 1. The highest BCUT2D eigenvalue weighted by Gasteiger charge is 2.38. The standard InChI is InChI=1S/C62H46N2O/c1-39-15-10-16-40-31-33-46(38-50(39)40)63(56-27-13-25-53-60(56)48-22-4-7-24-52(48)62(53,2)3)45-20-12-19-43(36-45)41-17-11-18-42(35-41)44-32-34-55-51(37-44)47-21-5-8-26-54(47)64(55)57-28-14-30-59-61(57)49-23-6-9-29-58(49)65-59/h4-14,16-39H,15H2,1-3H3. The minimum absolute atomic E-state index is 0.105. The number of fused-ring (bicyclic) bond motifs is 10. The second-order valence-electron chi connectivity index (χ2n) is 18.5. The van der Waals surface area contributed by atoms with Crippen molar-refractivity contribution in [2.24, 2.45) is 0 Å². The first-order chi connectivity index (χ1) is 31.9. The lowest BCUT2D eigenvalue weighted by Crippen LogP contribution is -2.16. The van der Waals surface area contributed by atoms with Crippen LogP contribution in [0.1, 0.15) is 55.4 Å². The van der Waals surface area contributed by atoms with E-state index in [-0.39, 0.29) is 5.41 Å². The molecule has 0 saturated carbocycles. The lowest BCUT2D eigenvalue weighted by atomic mass is 9.82. The van der Waals surface area contributed by atoms with Gasteiger partial charge in [-0.25, -0.2) is 0 Å². The highest BCUT2D eigenvalue weighted by molar-refractivity contribution is 6.15. The zero-order valence-electron chi connectivity index (χ0n) is 36.7. The molecule has 2 aliphatic carbocycles. The van der Waals surface area contributed by atoms with Crippen molar-refractivity contribution in [2.75, 3.05) is 4.90 Å². The molecule has 11 aromatic rings. The van der Waals surface area contributed by atoms with Gasteiger partial charge in [-0.15, -0.1) is 0 Å². The number of nitrogens with zero attached hydrogens (tertiary/aromatic N) is 2. The van der Waals surface area contributed by atoms with Crippen molar-refractivity contribution in [3.63, 3.8) is 0 Å². The Balaban J connectivity index is 0.940. The van der Waals surface area contributed by atoms with Crippen LogP contribution in [0.25, 0.3) is 88.9 Å². The summed E-state index contributed by atoms with van der Waals surface area (Å²) in [5.74, 6) is 0.453. The number of benzene rings is 9. The fraction of sp³-hybridized carbons (Fsp3) is 0.0968. The van der Waals surface area contributed by atoms with Gasteiger partial charge < -0.3 is 13.9 Å². The third-order valence-corrected chi connectivity index (χ3v) is 14.4. The summed E-state index contributed by atoms with van der Waals surface area (Å²) in [6.07, 6.45) is 5.65. The highest BCUT2D eigenvalue weighted by atomic mass is 16.3. The van der Waals surface area contributed by atoms with Crippen molar-refractivity contribution in [3.8, 4) is 39.1 Å². The summed E-state index contributed by atoms with van der Waals surface area (Å²) in [7, 11) is 0. The van der Waals surface area contributed by atoms with Crippen molar-refractivity contribution in [2.45, 2.75) is 38.5 Å². The van der Waals surface area contributed by atoms with Gasteiger partial charge in [-0.3, -0.25) is 0 Å². The summed E-state index contributed by atoms with van der Waals surface area (Å²) in [6.45, 7) is 7.08. The summed E-state index contributed by atoms with van der Waals surface area (Å²) >= 11 is 0. The lowest BCUT2D eigenvalue weighted by Gasteiger charge is -2.30. The highest BCUT2D eigenvalue weighted by Crippen LogP contribution is 2.54. The van der Waals surface area contributed by atoms with E-state index < -0.39 is 0 Å². The zero-order chi connectivity index (χ0) is 43.4. The number of para-hydroxylation sites is 2. The molecule has 2 heterocycles. The fourth-order valence-corrected chi connectivity index (χ4v) is 11.2. The van der Waals surface area contributed by atoms with E-state index in [9.17, 15) is 0 Å². The number of hydrogen-bond acceptors (Lipinski definition) is 2. The Bertz CT molecular complexity index is 3760. The van der Waals surface area contributed by atoms with Gasteiger partial charge in [0.05, 0.1) is 27.8 Å². The molecule has 3 heteroatoms. The summed E-state index contributed by atoms with van der Waals surface area (Å²) < 4.78 is 8.76. The SMILES string of the molecule is CC1CC=Cc2ccc(N(c3cccc(-c4cccc(-c5ccc6c(c5)c5ccccc5n6-c5cccc6oc7ccccc7c56)c4)c3)c3cccc4c3-c3ccccc3C4(C)C)cc21. The largest absolute Gasteiger partial charge is 0.456 e. The van der Waals surface area contributed by atoms with E-state index in [0.29, 0.717) is 5.92 Å². The van der Waals surface area contributed by atoms with Crippen LogP contribution in [0.5, 0.6) is 0 Å². The fourth-order valence-electron chi connectivity index (χ4n) is 11.2. The van der Waals surface area contributed by atoms with Crippen LogP contribution in [0.4, 0.5) is 17.1 Å². The topological polar surface area (TPSA) is 21.3 Å². The second kappa shape index (κ2) is 14.3. The number of anilines is 3. The maximum Gasteiger partial charge on any atom is 0.137 e. The smallest absolute Gasteiger partial charge is 0.137 e. The van der Waals surface area contributed by atoms with Gasteiger partial charge in [0.2, 0.25) is 0 Å². The van der Waals surface area contributed by atoms with Gasteiger partial charge in [0.1, 0.15) is 11.2 Å². The van der Waals surface area contributed by atoms with Crippen LogP contribution >= 0.6 is 0 Å². The molecule has 310 valence electrons. The van der Waals surface area contributed by atoms with Gasteiger partial charge in [-0.1, -0.05) is 154 Å². The lowest BCUT2D eigenvalue weighted by molar-refractivity contribution is 0.660. The van der Waals surface area contributed by atoms with E-state index in [1.54, 1.807) is 0 Å². The molecule has 0 fully saturated rings. The Morgan fingerprint density at radius 1 is 0.538 bits per heavy atom. The van der Waals surface area contributed by atoms with Crippen molar-refractivity contribution in [1.29, 1.82) is 0 Å². The molecule has 0 radical (unpaired) electrons. The molecule has 3 nitrogen and oxygen atoms in total. The molecule has 0 spiro atoms. The molecule has 1 atom stereocenters. The second-order valence-corrected chi connectivity index (χ2v) is 18.5. The molecule has 13 rings (SSSR count). The third kappa shape index (κ3) is 5.75. The molecule has 0 bridgehead atoms. The van der Waals surface area contributed by atoms with Crippen LogP contribution in [-0.4, -0.2) is 4.57 Å². The molecule has 0 saturated heterocycles. The van der Waals surface area contributed by atoms with E-state index in [2.05, 4.69) is 230 Å². The van der Waals surface area contributed by atoms with Crippen LogP contribution in [0.15, 0.2) is 205 Å². The number of aromatic nitrogens is 1. The van der Waals surface area contributed by atoms with E-state index >= 15 is 0 Å². The average Bonchev–Trinajstić information content (AvgIpc) is 3.97. The molecule has 65 heavy (non-hydrogen) atoms. The third-order valence-electron chi connectivity index (χ3n) is 14.4. The maximum absolute atomic E-state index is 6.35. The zero-order valence-corrected chi connectivity index (χ0v) is 36.7. The summed E-state index contributed by atoms with van der Waals surface area (Å²) in [6, 6.07) is 71.6. The molecule has 0 amide bonds. The Kier molecular flexibility index (Phi) is 8.30. The van der Waals surface area contributed by atoms with Crippen molar-refractivity contribution < 1.29 is 4.42 Å². The van der Waals surface area contributed by atoms with Crippen LogP contribution in [0.2, 0.25) is 0 Å². The van der Waals surface area contributed by atoms with Crippen LogP contribution in [-0.2, 0) is 5.41 Å². The number of rotatable bonds is 6. The normalized spacial score (nSPS) is 14.8. The first kappa shape index (κ1) is 37.7. The monoisotopic (exact) mass is 834 g/mol. The summed E-state index contributed by atoms with van der Waals surface area (Å²) in [5.41, 5.74) is 21.5. The molecule has 9 aromatic carbocycles. The number of hydrogen-bond donors (Lipinski definition) is 0. The molecular weight excluding hydrogens is 789 g/mol. The van der Waals surface area contributed by atoms with Crippen molar-refractivity contribution in [1.82, 2.24) is 4.57 Å². The average molecular weight is 835 g/mol. The van der Waals surface area contributed by atoms with E-state index in [4.69, 9.17) is 4.42 Å². The van der Waals surface area contributed by atoms with Gasteiger partial charge in [0.15, 0.2) is 0 Å². The summed E-state index contributed by atoms with van der Waals surface area (Å²) in [4.78, 5) is 2.51. The predicted molar refractivity (Wildman–Crippen MR) is 273 cm³/mol. The molecule has 2 aliphatic rings. The molecule has 0 N–H and O–H groups in total. The molecular formula is C62H46N2O.